The molecule has 6 heteroatoms. The molecule has 0 unspecified atom stereocenters. The van der Waals surface area contributed by atoms with Crippen LogP contribution in [0.4, 0.5) is 11.4 Å². The predicted octanol–water partition coefficient (Wildman–Crippen LogP) is 3.99. The largest absolute Gasteiger partial charge is 0.494 e. The van der Waals surface area contributed by atoms with E-state index in [0.717, 1.165) is 11.3 Å². The van der Waals surface area contributed by atoms with Crippen molar-refractivity contribution in [3.63, 3.8) is 0 Å². The zero-order chi connectivity index (χ0) is 17.5. The van der Waals surface area contributed by atoms with Crippen LogP contribution in [0.2, 0.25) is 0 Å². The number of Topliss-reactive ketones (excluding diaryl/α,β-unsaturated/α-hetero) is 1. The molecule has 0 aliphatic rings. The summed E-state index contributed by atoms with van der Waals surface area (Å²) in [5.41, 5.74) is 1.77. The molecule has 0 bridgehead atoms. The maximum atomic E-state index is 11.3. The van der Waals surface area contributed by atoms with Crippen molar-refractivity contribution < 1.29 is 14.5 Å². The van der Waals surface area contributed by atoms with Crippen LogP contribution in [-0.2, 0) is 0 Å². The molecule has 0 atom stereocenters. The van der Waals surface area contributed by atoms with Crippen LogP contribution < -0.4 is 10.1 Å². The van der Waals surface area contributed by atoms with Crippen LogP contribution in [0.15, 0.2) is 42.5 Å². The van der Waals surface area contributed by atoms with Crippen LogP contribution in [0.1, 0.15) is 29.3 Å². The van der Waals surface area contributed by atoms with Gasteiger partial charge in [-0.15, -0.1) is 0 Å². The van der Waals surface area contributed by atoms with Gasteiger partial charge in [0.25, 0.3) is 5.69 Å². The van der Waals surface area contributed by atoms with Crippen LogP contribution in [0.25, 0.3) is 0 Å². The highest BCUT2D eigenvalue weighted by Gasteiger charge is 2.15. The molecule has 0 aliphatic heterocycles. The Hall–Kier alpha value is -2.89. The van der Waals surface area contributed by atoms with Gasteiger partial charge in [-0.25, -0.2) is 0 Å². The second kappa shape index (κ2) is 8.10. The Morgan fingerprint density at radius 2 is 2.04 bits per heavy atom. The lowest BCUT2D eigenvalue weighted by Crippen LogP contribution is -2.09. The third-order valence-corrected chi connectivity index (χ3v) is 3.50. The number of benzene rings is 2. The van der Waals surface area contributed by atoms with Crippen molar-refractivity contribution in [3.8, 4) is 5.75 Å². The fourth-order valence-electron chi connectivity index (χ4n) is 2.24. The van der Waals surface area contributed by atoms with Crippen LogP contribution in [0, 0.1) is 17.0 Å². The molecule has 2 rings (SSSR count). The molecule has 0 aromatic heterocycles. The van der Waals surface area contributed by atoms with Crippen LogP contribution in [-0.4, -0.2) is 23.9 Å². The fraction of sp³-hybridized carbons (Fsp3) is 0.278. The number of nitrogens with one attached hydrogen (secondary N) is 1. The SMILES string of the molecule is CC(=O)c1ccc(NCCCOc2cccc(C)c2)c([N+](=O)[O-])c1. The number of hydrogen-bond donors (Lipinski definition) is 1. The second-order valence-electron chi connectivity index (χ2n) is 5.49. The van der Waals surface area contributed by atoms with E-state index in [1.165, 1.54) is 13.0 Å². The Bertz CT molecular complexity index is 744. The minimum atomic E-state index is -0.488. The minimum Gasteiger partial charge on any atom is -0.494 e. The first-order chi connectivity index (χ1) is 11.5. The molecular weight excluding hydrogens is 308 g/mol. The number of ketones is 1. The summed E-state index contributed by atoms with van der Waals surface area (Å²) in [6.45, 7) is 4.43. The summed E-state index contributed by atoms with van der Waals surface area (Å²) >= 11 is 0. The molecule has 6 nitrogen and oxygen atoms in total. The molecule has 2 aromatic carbocycles. The van der Waals surface area contributed by atoms with E-state index in [2.05, 4.69) is 5.32 Å². The topological polar surface area (TPSA) is 81.5 Å². The summed E-state index contributed by atoms with van der Waals surface area (Å²) in [4.78, 5) is 22.0. The molecule has 0 spiro atoms. The van der Waals surface area contributed by atoms with Crippen molar-refractivity contribution >= 4 is 17.2 Å². The Kier molecular flexibility index (Phi) is 5.89. The van der Waals surface area contributed by atoms with Gasteiger partial charge in [-0.05, 0) is 50.1 Å². The first kappa shape index (κ1) is 17.5. The number of carbonyl (C=O) groups is 1. The van der Waals surface area contributed by atoms with Crippen molar-refractivity contribution in [3.05, 3.63) is 63.7 Å². The Morgan fingerprint density at radius 3 is 2.71 bits per heavy atom. The molecule has 0 aliphatic carbocycles. The summed E-state index contributed by atoms with van der Waals surface area (Å²) in [6, 6.07) is 12.2. The molecule has 0 amide bonds. The van der Waals surface area contributed by atoms with Gasteiger partial charge in [0.2, 0.25) is 0 Å². The number of aryl methyl sites for hydroxylation is 1. The number of ether oxygens (including phenoxy) is 1. The molecule has 1 N–H and O–H groups in total. The lowest BCUT2D eigenvalue weighted by molar-refractivity contribution is -0.384. The highest BCUT2D eigenvalue weighted by molar-refractivity contribution is 5.95. The van der Waals surface area contributed by atoms with Gasteiger partial charge < -0.3 is 10.1 Å². The molecule has 2 aromatic rings. The second-order valence-corrected chi connectivity index (χ2v) is 5.49. The normalized spacial score (nSPS) is 10.2. The van der Waals surface area contributed by atoms with Gasteiger partial charge in [-0.3, -0.25) is 14.9 Å². The van der Waals surface area contributed by atoms with Gasteiger partial charge in [0.1, 0.15) is 11.4 Å². The van der Waals surface area contributed by atoms with E-state index in [4.69, 9.17) is 4.74 Å². The summed E-state index contributed by atoms with van der Waals surface area (Å²) < 4.78 is 5.63. The van der Waals surface area contributed by atoms with E-state index >= 15 is 0 Å². The summed E-state index contributed by atoms with van der Waals surface area (Å²) in [6.07, 6.45) is 0.694. The van der Waals surface area contributed by atoms with E-state index < -0.39 is 4.92 Å². The highest BCUT2D eigenvalue weighted by Crippen LogP contribution is 2.25. The van der Waals surface area contributed by atoms with Gasteiger partial charge in [-0.1, -0.05) is 12.1 Å². The standard InChI is InChI=1S/C18H20N2O4/c1-13-5-3-6-16(11-13)24-10-4-9-19-17-8-7-15(14(2)21)12-18(17)20(22)23/h3,5-8,11-12,19H,4,9-10H2,1-2H3. The van der Waals surface area contributed by atoms with E-state index in [-0.39, 0.29) is 11.5 Å². The smallest absolute Gasteiger partial charge is 0.293 e. The van der Waals surface area contributed by atoms with E-state index in [1.807, 2.05) is 31.2 Å². The first-order valence-electron chi connectivity index (χ1n) is 7.70. The van der Waals surface area contributed by atoms with Gasteiger partial charge in [0, 0.05) is 18.2 Å². The van der Waals surface area contributed by atoms with Gasteiger partial charge in [0.15, 0.2) is 5.78 Å². The van der Waals surface area contributed by atoms with Gasteiger partial charge in [-0.2, -0.15) is 0 Å². The van der Waals surface area contributed by atoms with Crippen molar-refractivity contribution in [2.45, 2.75) is 20.3 Å². The number of rotatable bonds is 8. The summed E-state index contributed by atoms with van der Waals surface area (Å²) in [5, 5.41) is 14.2. The van der Waals surface area contributed by atoms with Crippen LogP contribution in [0.3, 0.4) is 0 Å². The average molecular weight is 328 g/mol. The van der Waals surface area contributed by atoms with Gasteiger partial charge in [0.05, 0.1) is 11.5 Å². The molecule has 24 heavy (non-hydrogen) atoms. The lowest BCUT2D eigenvalue weighted by Gasteiger charge is -2.09. The molecule has 0 saturated carbocycles. The number of nitrogens with zero attached hydrogens (tertiary/aromatic N) is 1. The Labute approximate surface area is 140 Å². The maximum Gasteiger partial charge on any atom is 0.293 e. The predicted molar refractivity (Wildman–Crippen MR) is 92.9 cm³/mol. The third-order valence-electron chi connectivity index (χ3n) is 3.50. The van der Waals surface area contributed by atoms with E-state index in [1.54, 1.807) is 12.1 Å². The zero-order valence-electron chi connectivity index (χ0n) is 13.7. The molecule has 0 fully saturated rings. The monoisotopic (exact) mass is 328 g/mol. The highest BCUT2D eigenvalue weighted by atomic mass is 16.6. The number of hydrogen-bond acceptors (Lipinski definition) is 5. The number of nitro groups is 1. The van der Waals surface area contributed by atoms with Crippen molar-refractivity contribution in [1.82, 2.24) is 0 Å². The van der Waals surface area contributed by atoms with Crippen LogP contribution in [0.5, 0.6) is 5.75 Å². The molecular formula is C18H20N2O4. The summed E-state index contributed by atoms with van der Waals surface area (Å²) in [7, 11) is 0. The van der Waals surface area contributed by atoms with Crippen molar-refractivity contribution in [2.75, 3.05) is 18.5 Å². The third kappa shape index (κ3) is 4.81. The first-order valence-corrected chi connectivity index (χ1v) is 7.70. The summed E-state index contributed by atoms with van der Waals surface area (Å²) in [5.74, 6) is 0.614. The maximum absolute atomic E-state index is 11.3. The molecule has 126 valence electrons. The molecule has 0 saturated heterocycles. The zero-order valence-corrected chi connectivity index (χ0v) is 13.7. The average Bonchev–Trinajstić information content (AvgIpc) is 2.54. The minimum absolute atomic E-state index is 0.0951. The fourth-order valence-corrected chi connectivity index (χ4v) is 2.24. The Morgan fingerprint density at radius 1 is 1.25 bits per heavy atom. The van der Waals surface area contributed by atoms with Crippen molar-refractivity contribution in [1.29, 1.82) is 0 Å². The molecule has 0 radical (unpaired) electrons. The Balaban J connectivity index is 1.87. The number of anilines is 1. The number of carbonyl (C=O) groups excluding carboxylic acids is 1. The number of nitro benzene ring substituents is 1. The van der Waals surface area contributed by atoms with Crippen LogP contribution >= 0.6 is 0 Å². The van der Waals surface area contributed by atoms with Crippen molar-refractivity contribution in [2.24, 2.45) is 0 Å². The van der Waals surface area contributed by atoms with E-state index in [0.29, 0.717) is 30.8 Å². The van der Waals surface area contributed by atoms with Gasteiger partial charge >= 0.3 is 0 Å². The van der Waals surface area contributed by atoms with E-state index in [9.17, 15) is 14.9 Å². The lowest BCUT2D eigenvalue weighted by atomic mass is 10.1. The quantitative estimate of drug-likeness (QED) is 0.343. The molecule has 0 heterocycles.